The Balaban J connectivity index is 1.58. The monoisotopic (exact) mass is 371 g/mol. The summed E-state index contributed by atoms with van der Waals surface area (Å²) in [5.41, 5.74) is 0.460. The fourth-order valence-electron chi connectivity index (χ4n) is 2.81. The molecule has 142 valence electrons. The summed E-state index contributed by atoms with van der Waals surface area (Å²) in [4.78, 5) is 36.6. The predicted molar refractivity (Wildman–Crippen MR) is 99.0 cm³/mol. The van der Waals surface area contributed by atoms with Crippen LogP contribution in [0.15, 0.2) is 36.7 Å². The number of benzene rings is 1. The number of hydrogen-bond donors (Lipinski definition) is 1. The van der Waals surface area contributed by atoms with Crippen molar-refractivity contribution in [2.45, 2.75) is 0 Å². The summed E-state index contributed by atoms with van der Waals surface area (Å²) in [6, 6.07) is 6.67. The van der Waals surface area contributed by atoms with E-state index in [1.807, 2.05) is 4.90 Å². The number of carbonyl (C=O) groups excluding carboxylic acids is 2. The summed E-state index contributed by atoms with van der Waals surface area (Å²) in [6.07, 6.45) is 3.35. The van der Waals surface area contributed by atoms with Crippen LogP contribution >= 0.6 is 0 Å². The number of carbonyl (C=O) groups is 2. The number of rotatable bonds is 4. The van der Waals surface area contributed by atoms with Crippen molar-refractivity contribution in [3.63, 3.8) is 0 Å². The molecule has 1 saturated heterocycles. The van der Waals surface area contributed by atoms with Gasteiger partial charge in [-0.3, -0.25) is 9.59 Å². The summed E-state index contributed by atoms with van der Waals surface area (Å²) in [5.74, 6) is 0.379. The molecule has 0 unspecified atom stereocenters. The molecule has 1 fully saturated rings. The van der Waals surface area contributed by atoms with Crippen LogP contribution in [-0.2, 0) is 9.59 Å². The first-order valence-corrected chi connectivity index (χ1v) is 8.46. The molecule has 27 heavy (non-hydrogen) atoms. The number of nitrogens with zero attached hydrogens (tertiary/aromatic N) is 4. The van der Waals surface area contributed by atoms with Gasteiger partial charge in [-0.1, -0.05) is 0 Å². The summed E-state index contributed by atoms with van der Waals surface area (Å²) >= 11 is 0. The summed E-state index contributed by atoms with van der Waals surface area (Å²) < 4.78 is 10.4. The van der Waals surface area contributed by atoms with Gasteiger partial charge in [-0.25, -0.2) is 9.97 Å². The lowest BCUT2D eigenvalue weighted by atomic mass is 10.2. The Hall–Kier alpha value is -3.36. The van der Waals surface area contributed by atoms with E-state index in [0.29, 0.717) is 49.3 Å². The Morgan fingerprint density at radius 1 is 1.00 bits per heavy atom. The molecule has 0 aliphatic carbocycles. The van der Waals surface area contributed by atoms with Crippen LogP contribution in [-0.4, -0.2) is 67.1 Å². The van der Waals surface area contributed by atoms with Crippen molar-refractivity contribution in [3.8, 4) is 11.5 Å². The predicted octanol–water partition coefficient (Wildman–Crippen LogP) is 0.781. The highest BCUT2D eigenvalue weighted by molar-refractivity contribution is 6.39. The molecular weight excluding hydrogens is 350 g/mol. The van der Waals surface area contributed by atoms with Gasteiger partial charge in [0.15, 0.2) is 11.5 Å². The van der Waals surface area contributed by atoms with Gasteiger partial charge in [-0.05, 0) is 18.2 Å². The average Bonchev–Trinajstić information content (AvgIpc) is 2.73. The molecule has 1 aliphatic heterocycles. The van der Waals surface area contributed by atoms with Crippen molar-refractivity contribution >= 4 is 23.5 Å². The van der Waals surface area contributed by atoms with E-state index in [-0.39, 0.29) is 0 Å². The molecule has 0 saturated carbocycles. The summed E-state index contributed by atoms with van der Waals surface area (Å²) in [6.45, 7) is 1.99. The van der Waals surface area contributed by atoms with Gasteiger partial charge < -0.3 is 24.6 Å². The van der Waals surface area contributed by atoms with Gasteiger partial charge in [-0.2, -0.15) is 0 Å². The van der Waals surface area contributed by atoms with E-state index in [4.69, 9.17) is 9.47 Å². The minimum absolute atomic E-state index is 0.427. The maximum Gasteiger partial charge on any atom is 0.313 e. The largest absolute Gasteiger partial charge is 0.493 e. The highest BCUT2D eigenvalue weighted by Crippen LogP contribution is 2.29. The quantitative estimate of drug-likeness (QED) is 0.793. The van der Waals surface area contributed by atoms with Crippen LogP contribution < -0.4 is 19.7 Å². The van der Waals surface area contributed by atoms with Crippen molar-refractivity contribution in [1.82, 2.24) is 14.9 Å². The van der Waals surface area contributed by atoms with Crippen molar-refractivity contribution in [2.75, 3.05) is 50.6 Å². The second-order valence-electron chi connectivity index (χ2n) is 5.85. The first-order chi connectivity index (χ1) is 13.1. The van der Waals surface area contributed by atoms with Crippen LogP contribution in [0.4, 0.5) is 11.6 Å². The smallest absolute Gasteiger partial charge is 0.313 e. The molecule has 0 spiro atoms. The zero-order chi connectivity index (χ0) is 19.2. The Labute approximate surface area is 156 Å². The molecule has 0 radical (unpaired) electrons. The zero-order valence-corrected chi connectivity index (χ0v) is 15.2. The Morgan fingerprint density at radius 2 is 1.67 bits per heavy atom. The number of amides is 2. The number of hydrogen-bond acceptors (Lipinski definition) is 7. The van der Waals surface area contributed by atoms with Crippen molar-refractivity contribution in [1.29, 1.82) is 0 Å². The van der Waals surface area contributed by atoms with E-state index in [2.05, 4.69) is 15.3 Å². The highest BCUT2D eigenvalue weighted by atomic mass is 16.5. The molecule has 1 aromatic heterocycles. The van der Waals surface area contributed by atoms with Gasteiger partial charge in [0.05, 0.1) is 14.2 Å². The SMILES string of the molecule is COc1ccc(NC(=O)C(=O)N2CCN(c3ncccn3)CC2)cc1OC. The third-order valence-electron chi connectivity index (χ3n) is 4.24. The number of anilines is 2. The lowest BCUT2D eigenvalue weighted by Crippen LogP contribution is -2.52. The molecule has 1 aliphatic rings. The maximum absolute atomic E-state index is 12.4. The number of aromatic nitrogens is 2. The van der Waals surface area contributed by atoms with Crippen molar-refractivity contribution < 1.29 is 19.1 Å². The highest BCUT2D eigenvalue weighted by Gasteiger charge is 2.27. The topological polar surface area (TPSA) is 96.9 Å². The molecule has 2 heterocycles. The van der Waals surface area contributed by atoms with Crippen LogP contribution in [0.1, 0.15) is 0 Å². The standard InChI is InChI=1S/C18H21N5O4/c1-26-14-5-4-13(12-15(14)27-2)21-16(24)17(25)22-8-10-23(11-9-22)18-19-6-3-7-20-18/h3-7,12H,8-11H2,1-2H3,(H,21,24). The van der Waals surface area contributed by atoms with Crippen LogP contribution in [0.25, 0.3) is 0 Å². The molecule has 0 atom stereocenters. The van der Waals surface area contributed by atoms with Crippen molar-refractivity contribution in [3.05, 3.63) is 36.7 Å². The Kier molecular flexibility index (Phi) is 5.70. The number of nitrogens with one attached hydrogen (secondary N) is 1. The summed E-state index contributed by atoms with van der Waals surface area (Å²) in [7, 11) is 3.03. The van der Waals surface area contributed by atoms with Gasteiger partial charge in [0.1, 0.15) is 0 Å². The normalized spacial score (nSPS) is 13.9. The van der Waals surface area contributed by atoms with Gasteiger partial charge in [0, 0.05) is 50.3 Å². The average molecular weight is 371 g/mol. The molecule has 2 aromatic rings. The number of methoxy groups -OCH3 is 2. The third-order valence-corrected chi connectivity index (χ3v) is 4.24. The second-order valence-corrected chi connectivity index (χ2v) is 5.85. The number of piperazine rings is 1. The molecule has 1 aromatic carbocycles. The van der Waals surface area contributed by atoms with E-state index in [1.54, 1.807) is 36.7 Å². The van der Waals surface area contributed by atoms with Crippen LogP contribution in [0.2, 0.25) is 0 Å². The second kappa shape index (κ2) is 8.35. The van der Waals surface area contributed by atoms with Gasteiger partial charge >= 0.3 is 11.8 Å². The fraction of sp³-hybridized carbons (Fsp3) is 0.333. The fourth-order valence-corrected chi connectivity index (χ4v) is 2.81. The minimum Gasteiger partial charge on any atom is -0.493 e. The van der Waals surface area contributed by atoms with Crippen LogP contribution in [0.3, 0.4) is 0 Å². The van der Waals surface area contributed by atoms with Crippen molar-refractivity contribution in [2.24, 2.45) is 0 Å². The van der Waals surface area contributed by atoms with Crippen LogP contribution in [0, 0.1) is 0 Å². The third kappa shape index (κ3) is 4.25. The first-order valence-electron chi connectivity index (χ1n) is 8.46. The number of ether oxygens (including phenoxy) is 2. The van der Waals surface area contributed by atoms with E-state index >= 15 is 0 Å². The molecule has 9 nitrogen and oxygen atoms in total. The minimum atomic E-state index is -0.688. The molecule has 9 heteroatoms. The summed E-state index contributed by atoms with van der Waals surface area (Å²) in [5, 5.41) is 2.60. The molecule has 0 bridgehead atoms. The van der Waals surface area contributed by atoms with Gasteiger partial charge in [-0.15, -0.1) is 0 Å². The Morgan fingerprint density at radius 3 is 2.30 bits per heavy atom. The zero-order valence-electron chi connectivity index (χ0n) is 15.2. The molecule has 3 rings (SSSR count). The van der Waals surface area contributed by atoms with E-state index in [9.17, 15) is 9.59 Å². The lowest BCUT2D eigenvalue weighted by molar-refractivity contribution is -0.143. The van der Waals surface area contributed by atoms with E-state index in [0.717, 1.165) is 0 Å². The van der Waals surface area contributed by atoms with E-state index < -0.39 is 11.8 Å². The molecular formula is C18H21N5O4. The van der Waals surface area contributed by atoms with E-state index in [1.165, 1.54) is 19.1 Å². The maximum atomic E-state index is 12.4. The van der Waals surface area contributed by atoms with Crippen LogP contribution in [0.5, 0.6) is 11.5 Å². The lowest BCUT2D eigenvalue weighted by Gasteiger charge is -2.34. The molecule has 1 N–H and O–H groups in total. The first kappa shape index (κ1) is 18.4. The van der Waals surface area contributed by atoms with Gasteiger partial charge in [0.25, 0.3) is 0 Å². The van der Waals surface area contributed by atoms with Gasteiger partial charge in [0.2, 0.25) is 5.95 Å². The molecule has 2 amide bonds. The Bertz CT molecular complexity index is 807.